The van der Waals surface area contributed by atoms with Gasteiger partial charge >= 0.3 is 0 Å². The molecule has 3 rings (SSSR count). The zero-order valence-electron chi connectivity index (χ0n) is 17.0. The molecule has 0 heterocycles. The van der Waals surface area contributed by atoms with Crippen LogP contribution in [0.2, 0.25) is 0 Å². The van der Waals surface area contributed by atoms with Crippen LogP contribution in [-0.4, -0.2) is 12.0 Å². The Morgan fingerprint density at radius 3 is 2.48 bits per heavy atom. The van der Waals surface area contributed by atoms with Crippen LogP contribution in [0.4, 0.5) is 0 Å². The second kappa shape index (κ2) is 8.60. The highest BCUT2D eigenvalue weighted by atomic mass is 16.5. The molecule has 0 saturated carbocycles. The maximum atomic E-state index is 12.8. The molecule has 1 N–H and O–H groups in total. The van der Waals surface area contributed by atoms with E-state index in [1.54, 1.807) is 0 Å². The van der Waals surface area contributed by atoms with E-state index in [2.05, 4.69) is 49.5 Å². The van der Waals surface area contributed by atoms with Crippen LogP contribution in [-0.2, 0) is 17.6 Å². The van der Waals surface area contributed by atoms with Crippen molar-refractivity contribution in [2.75, 3.05) is 0 Å². The van der Waals surface area contributed by atoms with E-state index in [9.17, 15) is 4.79 Å². The van der Waals surface area contributed by atoms with E-state index >= 15 is 0 Å². The van der Waals surface area contributed by atoms with E-state index in [4.69, 9.17) is 4.74 Å². The predicted molar refractivity (Wildman–Crippen MR) is 110 cm³/mol. The summed E-state index contributed by atoms with van der Waals surface area (Å²) in [6, 6.07) is 12.6. The van der Waals surface area contributed by atoms with Crippen LogP contribution in [0, 0.1) is 13.8 Å². The number of ether oxygens (including phenoxy) is 1. The predicted octanol–water partition coefficient (Wildman–Crippen LogP) is 5.22. The van der Waals surface area contributed by atoms with Gasteiger partial charge in [-0.25, -0.2) is 0 Å². The molecule has 3 nitrogen and oxygen atoms in total. The van der Waals surface area contributed by atoms with Crippen LogP contribution in [0.25, 0.3) is 0 Å². The molecule has 3 heteroatoms. The summed E-state index contributed by atoms with van der Waals surface area (Å²) in [5.74, 6) is 0.748. The van der Waals surface area contributed by atoms with Crippen molar-refractivity contribution in [3.63, 3.8) is 0 Å². The van der Waals surface area contributed by atoms with Crippen LogP contribution >= 0.6 is 0 Å². The van der Waals surface area contributed by atoms with Crippen molar-refractivity contribution in [3.8, 4) is 5.75 Å². The summed E-state index contributed by atoms with van der Waals surface area (Å²) in [6.45, 7) is 8.21. The summed E-state index contributed by atoms with van der Waals surface area (Å²) >= 11 is 0. The number of carbonyl (C=O) groups excluding carboxylic acids is 1. The van der Waals surface area contributed by atoms with Crippen LogP contribution in [0.5, 0.6) is 5.75 Å². The number of amides is 1. The molecule has 1 aliphatic carbocycles. The van der Waals surface area contributed by atoms with E-state index in [0.717, 1.165) is 24.2 Å². The van der Waals surface area contributed by atoms with Gasteiger partial charge in [0.05, 0.1) is 6.04 Å². The lowest BCUT2D eigenvalue weighted by Crippen LogP contribution is -2.39. The van der Waals surface area contributed by atoms with Gasteiger partial charge in [0.25, 0.3) is 5.91 Å². The Kier molecular flexibility index (Phi) is 6.20. The number of fused-ring (bicyclic) bond motifs is 1. The van der Waals surface area contributed by atoms with Gasteiger partial charge in [-0.05, 0) is 92.8 Å². The van der Waals surface area contributed by atoms with Crippen molar-refractivity contribution in [3.05, 3.63) is 64.2 Å². The monoisotopic (exact) mass is 365 g/mol. The summed E-state index contributed by atoms with van der Waals surface area (Å²) in [4.78, 5) is 12.8. The quantitative estimate of drug-likeness (QED) is 0.762. The second-order valence-electron chi connectivity index (χ2n) is 7.73. The lowest BCUT2D eigenvalue weighted by atomic mass is 9.92. The van der Waals surface area contributed by atoms with Crippen molar-refractivity contribution in [1.29, 1.82) is 0 Å². The van der Waals surface area contributed by atoms with E-state index < -0.39 is 6.10 Å². The molecular formula is C24H31NO2. The molecule has 2 aromatic rings. The molecule has 0 radical (unpaired) electrons. The van der Waals surface area contributed by atoms with Crippen LogP contribution in [0.3, 0.4) is 0 Å². The number of hydrogen-bond acceptors (Lipinski definition) is 2. The highest BCUT2D eigenvalue weighted by Crippen LogP contribution is 2.26. The van der Waals surface area contributed by atoms with Crippen LogP contribution in [0.1, 0.15) is 67.0 Å². The SMILES string of the molecule is CC[C@H](Oc1ccc2c(c1)CCCC2)C(=O)N[C@H](C)c1ccc(C)c(C)c1. The summed E-state index contributed by atoms with van der Waals surface area (Å²) in [7, 11) is 0. The standard InChI is InChI=1S/C24H31NO2/c1-5-23(27-22-13-12-19-8-6-7-9-21(19)15-22)24(26)25-18(4)20-11-10-16(2)17(3)14-20/h10-15,18,23H,5-9H2,1-4H3,(H,25,26)/t18-,23+/m1/s1. The fourth-order valence-corrected chi connectivity index (χ4v) is 3.69. The Morgan fingerprint density at radius 1 is 1.04 bits per heavy atom. The van der Waals surface area contributed by atoms with Gasteiger partial charge in [-0.1, -0.05) is 31.2 Å². The Balaban J connectivity index is 1.66. The number of hydrogen-bond donors (Lipinski definition) is 1. The highest BCUT2D eigenvalue weighted by molar-refractivity contribution is 5.81. The lowest BCUT2D eigenvalue weighted by molar-refractivity contribution is -0.128. The minimum Gasteiger partial charge on any atom is -0.481 e. The van der Waals surface area contributed by atoms with Crippen molar-refractivity contribution >= 4 is 5.91 Å². The third-order valence-electron chi connectivity index (χ3n) is 5.65. The third kappa shape index (κ3) is 4.71. The number of nitrogens with one attached hydrogen (secondary N) is 1. The van der Waals surface area contributed by atoms with E-state index in [1.165, 1.54) is 35.1 Å². The van der Waals surface area contributed by atoms with Gasteiger partial charge in [0.1, 0.15) is 5.75 Å². The molecule has 2 atom stereocenters. The molecule has 1 amide bonds. The Hall–Kier alpha value is -2.29. The van der Waals surface area contributed by atoms with Gasteiger partial charge in [-0.15, -0.1) is 0 Å². The van der Waals surface area contributed by atoms with Crippen molar-refractivity contribution in [2.24, 2.45) is 0 Å². The average Bonchev–Trinajstić information content (AvgIpc) is 2.67. The largest absolute Gasteiger partial charge is 0.481 e. The van der Waals surface area contributed by atoms with Crippen molar-refractivity contribution < 1.29 is 9.53 Å². The van der Waals surface area contributed by atoms with Gasteiger partial charge in [0, 0.05) is 0 Å². The number of aryl methyl sites for hydroxylation is 4. The minimum absolute atomic E-state index is 0.0435. The Morgan fingerprint density at radius 2 is 1.78 bits per heavy atom. The fraction of sp³-hybridized carbons (Fsp3) is 0.458. The smallest absolute Gasteiger partial charge is 0.261 e. The summed E-state index contributed by atoms with van der Waals surface area (Å²) in [5.41, 5.74) is 6.42. The average molecular weight is 366 g/mol. The number of benzene rings is 2. The van der Waals surface area contributed by atoms with Crippen LogP contribution in [0.15, 0.2) is 36.4 Å². The molecule has 1 aliphatic rings. The van der Waals surface area contributed by atoms with Gasteiger partial charge < -0.3 is 10.1 Å². The topological polar surface area (TPSA) is 38.3 Å². The summed E-state index contributed by atoms with van der Waals surface area (Å²) < 4.78 is 6.06. The second-order valence-corrected chi connectivity index (χ2v) is 7.73. The van der Waals surface area contributed by atoms with E-state index in [1.807, 2.05) is 19.9 Å². The van der Waals surface area contributed by atoms with Gasteiger partial charge in [-0.3, -0.25) is 4.79 Å². The molecule has 0 unspecified atom stereocenters. The summed E-state index contributed by atoms with van der Waals surface area (Å²) in [6.07, 6.45) is 4.94. The van der Waals surface area contributed by atoms with Gasteiger partial charge in [0.15, 0.2) is 6.10 Å². The first-order chi connectivity index (χ1) is 13.0. The summed E-state index contributed by atoms with van der Waals surface area (Å²) in [5, 5.41) is 3.11. The molecule has 0 fully saturated rings. The molecule has 0 aliphatic heterocycles. The van der Waals surface area contributed by atoms with Gasteiger partial charge in [0.2, 0.25) is 0 Å². The molecule has 0 saturated heterocycles. The van der Waals surface area contributed by atoms with Crippen LogP contribution < -0.4 is 10.1 Å². The third-order valence-corrected chi connectivity index (χ3v) is 5.65. The highest BCUT2D eigenvalue weighted by Gasteiger charge is 2.21. The lowest BCUT2D eigenvalue weighted by Gasteiger charge is -2.22. The van der Waals surface area contributed by atoms with E-state index in [-0.39, 0.29) is 11.9 Å². The number of carbonyl (C=O) groups is 1. The maximum absolute atomic E-state index is 12.8. The zero-order chi connectivity index (χ0) is 19.4. The Bertz CT molecular complexity index is 812. The molecule has 0 bridgehead atoms. The molecule has 0 aromatic heterocycles. The normalized spacial score (nSPS) is 15.6. The van der Waals surface area contributed by atoms with Gasteiger partial charge in [-0.2, -0.15) is 0 Å². The molecular weight excluding hydrogens is 334 g/mol. The fourth-order valence-electron chi connectivity index (χ4n) is 3.69. The molecule has 0 spiro atoms. The maximum Gasteiger partial charge on any atom is 0.261 e. The van der Waals surface area contributed by atoms with Crippen molar-refractivity contribution in [1.82, 2.24) is 5.32 Å². The zero-order valence-corrected chi connectivity index (χ0v) is 17.0. The van der Waals surface area contributed by atoms with E-state index in [0.29, 0.717) is 6.42 Å². The Labute approximate surface area is 163 Å². The first-order valence-electron chi connectivity index (χ1n) is 10.1. The minimum atomic E-state index is -0.472. The first-order valence-corrected chi connectivity index (χ1v) is 10.1. The molecule has 2 aromatic carbocycles. The van der Waals surface area contributed by atoms with Crippen molar-refractivity contribution in [2.45, 2.75) is 71.9 Å². The number of rotatable bonds is 6. The molecule has 144 valence electrons. The first kappa shape index (κ1) is 19.5. The molecule has 27 heavy (non-hydrogen) atoms.